The van der Waals surface area contributed by atoms with E-state index in [-0.39, 0.29) is 39.9 Å². The molecule has 3 rings (SSSR count). The van der Waals surface area contributed by atoms with Crippen LogP contribution in [0.2, 0.25) is 0 Å². The number of morpholine rings is 1. The zero-order valence-corrected chi connectivity index (χ0v) is 17.7. The minimum Gasteiger partial charge on any atom is -0.495 e. The van der Waals surface area contributed by atoms with Gasteiger partial charge in [-0.1, -0.05) is 0 Å². The minimum atomic E-state index is -4.09. The molecule has 1 aliphatic rings. The lowest BCUT2D eigenvalue weighted by Gasteiger charge is -2.26. The fourth-order valence-corrected chi connectivity index (χ4v) is 5.34. The average Bonchev–Trinajstić information content (AvgIpc) is 2.74. The largest absolute Gasteiger partial charge is 0.495 e. The van der Waals surface area contributed by atoms with Gasteiger partial charge < -0.3 is 15.2 Å². The molecule has 1 fully saturated rings. The lowest BCUT2D eigenvalue weighted by Crippen LogP contribution is -2.40. The maximum absolute atomic E-state index is 12.8. The summed E-state index contributed by atoms with van der Waals surface area (Å²) in [6.45, 7) is 1.09. The Hall–Kier alpha value is -2.67. The first-order chi connectivity index (χ1) is 14.1. The second kappa shape index (κ2) is 8.60. The van der Waals surface area contributed by atoms with Crippen LogP contribution in [0, 0.1) is 0 Å². The summed E-state index contributed by atoms with van der Waals surface area (Å²) in [5.41, 5.74) is 5.37. The van der Waals surface area contributed by atoms with Gasteiger partial charge in [0.25, 0.3) is 10.0 Å². The highest BCUT2D eigenvalue weighted by atomic mass is 32.2. The molecule has 0 saturated carbocycles. The van der Waals surface area contributed by atoms with Crippen LogP contribution in [0.4, 0.5) is 5.69 Å². The quantitative estimate of drug-likeness (QED) is 0.622. The topological polar surface area (TPSA) is 145 Å². The van der Waals surface area contributed by atoms with Crippen LogP contribution >= 0.6 is 0 Å². The van der Waals surface area contributed by atoms with Gasteiger partial charge in [0.05, 0.1) is 35.8 Å². The summed E-state index contributed by atoms with van der Waals surface area (Å²) in [4.78, 5) is 11.2. The van der Waals surface area contributed by atoms with E-state index in [9.17, 15) is 21.6 Å². The van der Waals surface area contributed by atoms with E-state index in [0.29, 0.717) is 13.2 Å². The van der Waals surface area contributed by atoms with Crippen LogP contribution < -0.4 is 15.2 Å². The SMILES string of the molecule is COc1ccc(C(N)=O)cc1NS(=O)(=O)c1ccc(S(=O)(=O)N2CCOCC2)cc1. The molecule has 1 heterocycles. The first kappa shape index (κ1) is 22.0. The molecule has 2 aromatic rings. The third-order valence-electron chi connectivity index (χ3n) is 4.47. The van der Waals surface area contributed by atoms with Crippen LogP contribution in [0.3, 0.4) is 0 Å². The molecule has 0 atom stereocenters. The number of sulfonamides is 2. The summed E-state index contributed by atoms with van der Waals surface area (Å²) in [6.07, 6.45) is 0. The predicted molar refractivity (Wildman–Crippen MR) is 108 cm³/mol. The Morgan fingerprint density at radius 1 is 1.03 bits per heavy atom. The van der Waals surface area contributed by atoms with E-state index in [1.54, 1.807) is 0 Å². The van der Waals surface area contributed by atoms with Crippen molar-refractivity contribution < 1.29 is 31.1 Å². The highest BCUT2D eigenvalue weighted by Crippen LogP contribution is 2.28. The Kier molecular flexibility index (Phi) is 6.31. The summed E-state index contributed by atoms with van der Waals surface area (Å²) >= 11 is 0. The summed E-state index contributed by atoms with van der Waals surface area (Å²) in [6, 6.07) is 8.93. The molecule has 30 heavy (non-hydrogen) atoms. The van der Waals surface area contributed by atoms with E-state index in [2.05, 4.69) is 4.72 Å². The van der Waals surface area contributed by atoms with Crippen molar-refractivity contribution in [3.8, 4) is 5.75 Å². The second-order valence-corrected chi connectivity index (χ2v) is 9.99. The number of carbonyl (C=O) groups is 1. The van der Waals surface area contributed by atoms with Gasteiger partial charge in [0, 0.05) is 18.7 Å². The number of amides is 1. The fraction of sp³-hybridized carbons (Fsp3) is 0.278. The van der Waals surface area contributed by atoms with Crippen LogP contribution in [-0.4, -0.2) is 60.5 Å². The summed E-state index contributed by atoms with van der Waals surface area (Å²) in [7, 11) is -6.48. The molecule has 3 N–H and O–H groups in total. The smallest absolute Gasteiger partial charge is 0.262 e. The van der Waals surface area contributed by atoms with Gasteiger partial charge in [-0.25, -0.2) is 16.8 Å². The van der Waals surface area contributed by atoms with E-state index >= 15 is 0 Å². The number of carbonyl (C=O) groups excluding carboxylic acids is 1. The van der Waals surface area contributed by atoms with Crippen LogP contribution in [0.15, 0.2) is 52.3 Å². The van der Waals surface area contributed by atoms with E-state index < -0.39 is 26.0 Å². The van der Waals surface area contributed by atoms with Gasteiger partial charge in [-0.3, -0.25) is 9.52 Å². The zero-order chi connectivity index (χ0) is 21.9. The van der Waals surface area contributed by atoms with Crippen LogP contribution in [0.1, 0.15) is 10.4 Å². The zero-order valence-electron chi connectivity index (χ0n) is 16.1. The van der Waals surface area contributed by atoms with Gasteiger partial charge in [-0.15, -0.1) is 0 Å². The van der Waals surface area contributed by atoms with Gasteiger partial charge in [0.2, 0.25) is 15.9 Å². The van der Waals surface area contributed by atoms with E-state index in [1.165, 1.54) is 53.9 Å². The number of nitrogens with two attached hydrogens (primary N) is 1. The van der Waals surface area contributed by atoms with Gasteiger partial charge in [-0.05, 0) is 42.5 Å². The van der Waals surface area contributed by atoms with Crippen molar-refractivity contribution in [3.63, 3.8) is 0 Å². The molecule has 0 spiro atoms. The molecule has 1 aliphatic heterocycles. The molecule has 162 valence electrons. The molecule has 2 aromatic carbocycles. The standard InChI is InChI=1S/C18H21N3O7S2/c1-27-17-7-2-13(18(19)22)12-16(17)20-29(23,24)14-3-5-15(6-4-14)30(25,26)21-8-10-28-11-9-21/h2-7,12,20H,8-11H2,1H3,(H2,19,22). The molecule has 0 bridgehead atoms. The highest BCUT2D eigenvalue weighted by molar-refractivity contribution is 7.92. The Morgan fingerprint density at radius 2 is 1.63 bits per heavy atom. The molecule has 1 amide bonds. The Balaban J connectivity index is 1.87. The normalized spacial score (nSPS) is 15.5. The van der Waals surface area contributed by atoms with Gasteiger partial charge in [-0.2, -0.15) is 4.31 Å². The molecule has 0 radical (unpaired) electrons. The molecule has 12 heteroatoms. The van der Waals surface area contributed by atoms with Crippen molar-refractivity contribution in [1.29, 1.82) is 0 Å². The number of primary amides is 1. The van der Waals surface area contributed by atoms with Crippen molar-refractivity contribution in [3.05, 3.63) is 48.0 Å². The molecule has 0 aromatic heterocycles. The number of ether oxygens (including phenoxy) is 2. The third kappa shape index (κ3) is 4.56. The number of methoxy groups -OCH3 is 1. The molecular formula is C18H21N3O7S2. The Labute approximate surface area is 174 Å². The lowest BCUT2D eigenvalue weighted by atomic mass is 10.2. The van der Waals surface area contributed by atoms with Gasteiger partial charge in [0.15, 0.2) is 0 Å². The van der Waals surface area contributed by atoms with E-state index in [1.807, 2.05) is 0 Å². The Morgan fingerprint density at radius 3 is 2.20 bits per heavy atom. The lowest BCUT2D eigenvalue weighted by molar-refractivity contribution is 0.0730. The number of hydrogen-bond donors (Lipinski definition) is 2. The molecule has 1 saturated heterocycles. The third-order valence-corrected chi connectivity index (χ3v) is 7.76. The number of nitrogens with zero attached hydrogens (tertiary/aromatic N) is 1. The number of nitrogens with one attached hydrogen (secondary N) is 1. The molecule has 0 aliphatic carbocycles. The summed E-state index contributed by atoms with van der Waals surface area (Å²) in [5, 5.41) is 0. The van der Waals surface area contributed by atoms with Crippen molar-refractivity contribution in [2.75, 3.05) is 38.1 Å². The van der Waals surface area contributed by atoms with E-state index in [4.69, 9.17) is 15.2 Å². The number of rotatable bonds is 7. The number of hydrogen-bond acceptors (Lipinski definition) is 7. The van der Waals surface area contributed by atoms with E-state index in [0.717, 1.165) is 0 Å². The second-order valence-electron chi connectivity index (χ2n) is 6.37. The van der Waals surface area contributed by atoms with Gasteiger partial charge >= 0.3 is 0 Å². The average molecular weight is 456 g/mol. The maximum atomic E-state index is 12.8. The first-order valence-corrected chi connectivity index (χ1v) is 11.8. The molecular weight excluding hydrogens is 434 g/mol. The van der Waals surface area contributed by atoms with Crippen LogP contribution in [0.25, 0.3) is 0 Å². The minimum absolute atomic E-state index is 0.0170. The monoisotopic (exact) mass is 455 g/mol. The fourth-order valence-electron chi connectivity index (χ4n) is 2.87. The predicted octanol–water partition coefficient (Wildman–Crippen LogP) is 0.616. The van der Waals surface area contributed by atoms with Crippen molar-refractivity contribution in [2.45, 2.75) is 9.79 Å². The highest BCUT2D eigenvalue weighted by Gasteiger charge is 2.27. The molecule has 0 unspecified atom stereocenters. The molecule has 10 nitrogen and oxygen atoms in total. The Bertz CT molecular complexity index is 1140. The summed E-state index contributed by atoms with van der Waals surface area (Å²) < 4.78 is 64.7. The van der Waals surface area contributed by atoms with Crippen LogP contribution in [-0.2, 0) is 24.8 Å². The van der Waals surface area contributed by atoms with Crippen molar-refractivity contribution in [1.82, 2.24) is 4.31 Å². The van der Waals surface area contributed by atoms with Crippen molar-refractivity contribution in [2.24, 2.45) is 5.73 Å². The maximum Gasteiger partial charge on any atom is 0.262 e. The number of benzene rings is 2. The summed E-state index contributed by atoms with van der Waals surface area (Å²) in [5.74, 6) is -0.536. The van der Waals surface area contributed by atoms with Crippen LogP contribution in [0.5, 0.6) is 5.75 Å². The van der Waals surface area contributed by atoms with Crippen molar-refractivity contribution >= 4 is 31.6 Å². The van der Waals surface area contributed by atoms with Gasteiger partial charge in [0.1, 0.15) is 5.75 Å². The first-order valence-electron chi connectivity index (χ1n) is 8.84. The number of anilines is 1.